The van der Waals surface area contributed by atoms with Gasteiger partial charge in [-0.1, -0.05) is 66.7 Å². The number of rotatable bonds is 6. The second-order valence-electron chi connectivity index (χ2n) is 6.87. The number of hydrogen-bond acceptors (Lipinski definition) is 2. The molecule has 0 aromatic heterocycles. The third-order valence-electron chi connectivity index (χ3n) is 4.54. The van der Waals surface area contributed by atoms with Crippen molar-refractivity contribution in [3.8, 4) is 11.1 Å². The second-order valence-corrected chi connectivity index (χ2v) is 6.87. The smallest absolute Gasteiger partial charge is 0.227 e. The van der Waals surface area contributed by atoms with E-state index in [1.807, 2.05) is 49.5 Å². The molecule has 3 aromatic carbocycles. The molecule has 0 bridgehead atoms. The van der Waals surface area contributed by atoms with Gasteiger partial charge in [-0.05, 0) is 34.4 Å². The molecule has 3 rings (SSSR count). The Bertz CT molecular complexity index is 933. The Morgan fingerprint density at radius 3 is 1.96 bits per heavy atom. The van der Waals surface area contributed by atoms with E-state index in [-0.39, 0.29) is 11.8 Å². The summed E-state index contributed by atoms with van der Waals surface area (Å²) in [5, 5.41) is 2.72. The van der Waals surface area contributed by atoms with Crippen LogP contribution in [-0.4, -0.2) is 23.8 Å². The van der Waals surface area contributed by atoms with E-state index in [0.717, 1.165) is 22.4 Å². The number of anilines is 1. The second kappa shape index (κ2) is 9.00. The molecule has 3 aromatic rings. The summed E-state index contributed by atoms with van der Waals surface area (Å²) in [6, 6.07) is 25.9. The number of hydrogen-bond donors (Lipinski definition) is 1. The van der Waals surface area contributed by atoms with E-state index in [1.54, 1.807) is 4.90 Å². The first-order valence-electron chi connectivity index (χ1n) is 9.26. The first-order valence-corrected chi connectivity index (χ1v) is 9.26. The number of benzene rings is 3. The Kier molecular flexibility index (Phi) is 6.22. The number of nitrogens with zero attached hydrogens (tertiary/aromatic N) is 1. The molecule has 0 spiro atoms. The summed E-state index contributed by atoms with van der Waals surface area (Å²) in [6.45, 7) is 2.04. The van der Waals surface area contributed by atoms with Crippen molar-refractivity contribution in [2.45, 2.75) is 19.9 Å². The molecule has 0 heterocycles. The van der Waals surface area contributed by atoms with Crippen molar-refractivity contribution in [2.24, 2.45) is 0 Å². The van der Waals surface area contributed by atoms with Crippen LogP contribution in [0.2, 0.25) is 0 Å². The minimum atomic E-state index is -0.109. The molecule has 28 heavy (non-hydrogen) atoms. The maximum atomic E-state index is 12.5. The van der Waals surface area contributed by atoms with E-state index >= 15 is 0 Å². The highest BCUT2D eigenvalue weighted by molar-refractivity contribution is 5.88. The number of carbonyl (C=O) groups is 2. The summed E-state index contributed by atoms with van der Waals surface area (Å²) < 4.78 is 0. The highest BCUT2D eigenvalue weighted by Crippen LogP contribution is 2.20. The SMILES string of the molecule is CC(=O)Nc1ccc(CC(=O)N(C)Cc2ccc(-c3ccccc3)cc2)cc1. The van der Waals surface area contributed by atoms with E-state index in [1.165, 1.54) is 12.5 Å². The first kappa shape index (κ1) is 19.4. The van der Waals surface area contributed by atoms with Crippen LogP contribution in [0.1, 0.15) is 18.1 Å². The Hall–Kier alpha value is -3.40. The lowest BCUT2D eigenvalue weighted by Gasteiger charge is -2.18. The molecule has 0 saturated carbocycles. The van der Waals surface area contributed by atoms with Gasteiger partial charge in [-0.25, -0.2) is 0 Å². The molecule has 142 valence electrons. The molecule has 4 heteroatoms. The number of nitrogens with one attached hydrogen (secondary N) is 1. The van der Waals surface area contributed by atoms with E-state index in [0.29, 0.717) is 13.0 Å². The maximum Gasteiger partial charge on any atom is 0.227 e. The Balaban J connectivity index is 1.57. The standard InChI is InChI=1S/C24H24N2O2/c1-18(27)25-23-14-10-19(11-15-23)16-24(28)26(2)17-20-8-12-22(13-9-20)21-6-4-3-5-7-21/h3-15H,16-17H2,1-2H3,(H,25,27). The minimum absolute atomic E-state index is 0.0550. The lowest BCUT2D eigenvalue weighted by molar-refractivity contribution is -0.129. The summed E-state index contributed by atoms with van der Waals surface area (Å²) in [4.78, 5) is 25.3. The van der Waals surface area contributed by atoms with E-state index < -0.39 is 0 Å². The molecule has 1 N–H and O–H groups in total. The summed E-state index contributed by atoms with van der Waals surface area (Å²) in [5.41, 5.74) is 5.09. The van der Waals surface area contributed by atoms with Gasteiger partial charge in [0, 0.05) is 26.2 Å². The van der Waals surface area contributed by atoms with Gasteiger partial charge >= 0.3 is 0 Å². The van der Waals surface area contributed by atoms with Crippen LogP contribution in [0.4, 0.5) is 5.69 Å². The molecule has 0 aliphatic heterocycles. The van der Waals surface area contributed by atoms with Crippen molar-refractivity contribution < 1.29 is 9.59 Å². The Morgan fingerprint density at radius 2 is 1.36 bits per heavy atom. The predicted molar refractivity (Wildman–Crippen MR) is 113 cm³/mol. The lowest BCUT2D eigenvalue weighted by atomic mass is 10.0. The van der Waals surface area contributed by atoms with Crippen LogP contribution in [0.5, 0.6) is 0 Å². The van der Waals surface area contributed by atoms with Crippen molar-refractivity contribution in [2.75, 3.05) is 12.4 Å². The van der Waals surface area contributed by atoms with Gasteiger partial charge in [0.05, 0.1) is 6.42 Å². The van der Waals surface area contributed by atoms with Gasteiger partial charge in [0.1, 0.15) is 0 Å². The van der Waals surface area contributed by atoms with Gasteiger partial charge in [0.25, 0.3) is 0 Å². The molecule has 0 unspecified atom stereocenters. The zero-order chi connectivity index (χ0) is 19.9. The Labute approximate surface area is 165 Å². The van der Waals surface area contributed by atoms with Crippen molar-refractivity contribution in [1.82, 2.24) is 4.90 Å². The van der Waals surface area contributed by atoms with Gasteiger partial charge in [-0.3, -0.25) is 9.59 Å². The zero-order valence-electron chi connectivity index (χ0n) is 16.2. The topological polar surface area (TPSA) is 49.4 Å². The molecular weight excluding hydrogens is 348 g/mol. The molecule has 0 aliphatic carbocycles. The zero-order valence-corrected chi connectivity index (χ0v) is 16.2. The van der Waals surface area contributed by atoms with Crippen LogP contribution in [-0.2, 0) is 22.6 Å². The third kappa shape index (κ3) is 5.30. The van der Waals surface area contributed by atoms with Crippen molar-refractivity contribution in [1.29, 1.82) is 0 Å². The van der Waals surface area contributed by atoms with Crippen LogP contribution in [0.25, 0.3) is 11.1 Å². The summed E-state index contributed by atoms with van der Waals surface area (Å²) >= 11 is 0. The molecule has 0 atom stereocenters. The molecule has 0 fully saturated rings. The normalized spacial score (nSPS) is 10.4. The van der Waals surface area contributed by atoms with Gasteiger partial charge < -0.3 is 10.2 Å². The van der Waals surface area contributed by atoms with Gasteiger partial charge in [0.15, 0.2) is 0 Å². The summed E-state index contributed by atoms with van der Waals surface area (Å²) in [7, 11) is 1.82. The first-order chi connectivity index (χ1) is 13.5. The van der Waals surface area contributed by atoms with Crippen molar-refractivity contribution in [3.63, 3.8) is 0 Å². The average Bonchev–Trinajstić information content (AvgIpc) is 2.70. The largest absolute Gasteiger partial charge is 0.341 e. The van der Waals surface area contributed by atoms with Crippen LogP contribution in [0.3, 0.4) is 0 Å². The van der Waals surface area contributed by atoms with Gasteiger partial charge in [-0.2, -0.15) is 0 Å². The number of carbonyl (C=O) groups excluding carboxylic acids is 2. The fraction of sp³-hybridized carbons (Fsp3) is 0.167. The fourth-order valence-corrected chi connectivity index (χ4v) is 3.01. The summed E-state index contributed by atoms with van der Waals surface area (Å²) in [5.74, 6) is -0.0544. The highest BCUT2D eigenvalue weighted by Gasteiger charge is 2.11. The Morgan fingerprint density at radius 1 is 0.786 bits per heavy atom. The molecule has 4 nitrogen and oxygen atoms in total. The molecule has 0 aliphatic rings. The van der Waals surface area contributed by atoms with Gasteiger partial charge in [0.2, 0.25) is 11.8 Å². The molecule has 0 saturated heterocycles. The van der Waals surface area contributed by atoms with E-state index in [4.69, 9.17) is 0 Å². The predicted octanol–water partition coefficient (Wildman–Crippen LogP) is 4.51. The van der Waals surface area contributed by atoms with E-state index in [9.17, 15) is 9.59 Å². The third-order valence-corrected chi connectivity index (χ3v) is 4.54. The van der Waals surface area contributed by atoms with Gasteiger partial charge in [-0.15, -0.1) is 0 Å². The highest BCUT2D eigenvalue weighted by atomic mass is 16.2. The quantitative estimate of drug-likeness (QED) is 0.692. The maximum absolute atomic E-state index is 12.5. The number of likely N-dealkylation sites (N-methyl/N-ethyl adjacent to an activating group) is 1. The van der Waals surface area contributed by atoms with Crippen LogP contribution in [0.15, 0.2) is 78.9 Å². The molecule has 2 amide bonds. The van der Waals surface area contributed by atoms with Crippen LogP contribution < -0.4 is 5.32 Å². The van der Waals surface area contributed by atoms with Crippen LogP contribution >= 0.6 is 0 Å². The monoisotopic (exact) mass is 372 g/mol. The average molecular weight is 372 g/mol. The van der Waals surface area contributed by atoms with E-state index in [2.05, 4.69) is 41.7 Å². The fourth-order valence-electron chi connectivity index (χ4n) is 3.01. The van der Waals surface area contributed by atoms with Crippen molar-refractivity contribution >= 4 is 17.5 Å². The molecule has 0 radical (unpaired) electrons. The summed E-state index contributed by atoms with van der Waals surface area (Å²) in [6.07, 6.45) is 0.332. The van der Waals surface area contributed by atoms with Crippen molar-refractivity contribution in [3.05, 3.63) is 90.0 Å². The number of amides is 2. The molecular formula is C24H24N2O2. The van der Waals surface area contributed by atoms with Crippen LogP contribution in [0, 0.1) is 0 Å². The minimum Gasteiger partial charge on any atom is -0.341 e. The lowest BCUT2D eigenvalue weighted by Crippen LogP contribution is -2.27.